The Morgan fingerprint density at radius 3 is 2.85 bits per heavy atom. The molecule has 1 amide bonds. The van der Waals surface area contributed by atoms with Gasteiger partial charge >= 0.3 is 0 Å². The molecule has 4 rings (SSSR count). The number of benzene rings is 1. The first kappa shape index (κ1) is 16.7. The summed E-state index contributed by atoms with van der Waals surface area (Å²) in [5, 5.41) is 7.08. The highest BCUT2D eigenvalue weighted by atomic mass is 19.1. The van der Waals surface area contributed by atoms with Gasteiger partial charge in [-0.2, -0.15) is 0 Å². The number of nitrogens with one attached hydrogen (secondary N) is 3. The molecule has 3 N–H and O–H groups in total. The van der Waals surface area contributed by atoms with Gasteiger partial charge in [-0.25, -0.2) is 9.37 Å². The van der Waals surface area contributed by atoms with E-state index in [1.807, 2.05) is 18.3 Å². The highest BCUT2D eigenvalue weighted by Gasteiger charge is 2.21. The minimum absolute atomic E-state index is 0.00215. The maximum Gasteiger partial charge on any atom is 0.227 e. The molecular formula is C20H21FN4O. The summed E-state index contributed by atoms with van der Waals surface area (Å²) >= 11 is 0. The largest absolute Gasteiger partial charge is 0.346 e. The molecule has 0 unspecified atom stereocenters. The molecule has 5 nitrogen and oxygen atoms in total. The third-order valence-electron chi connectivity index (χ3n) is 4.96. The number of amides is 1. The molecule has 1 aliphatic rings. The molecule has 1 aliphatic heterocycles. The summed E-state index contributed by atoms with van der Waals surface area (Å²) in [6.45, 7) is 1.70. The van der Waals surface area contributed by atoms with Gasteiger partial charge in [-0.3, -0.25) is 4.79 Å². The molecule has 0 bridgehead atoms. The van der Waals surface area contributed by atoms with Crippen molar-refractivity contribution in [1.29, 1.82) is 0 Å². The van der Waals surface area contributed by atoms with Crippen LogP contribution in [-0.4, -0.2) is 29.0 Å². The number of anilines is 1. The molecule has 2 aromatic heterocycles. The van der Waals surface area contributed by atoms with Gasteiger partial charge in [-0.05, 0) is 61.3 Å². The highest BCUT2D eigenvalue weighted by molar-refractivity contribution is 5.92. The van der Waals surface area contributed by atoms with Crippen LogP contribution in [0.3, 0.4) is 0 Å². The molecule has 0 aliphatic carbocycles. The van der Waals surface area contributed by atoms with Crippen molar-refractivity contribution in [2.45, 2.75) is 19.3 Å². The first-order chi connectivity index (χ1) is 12.7. The molecule has 1 fully saturated rings. The van der Waals surface area contributed by atoms with Gasteiger partial charge < -0.3 is 15.6 Å². The standard InChI is InChI=1S/C20H21FN4O/c21-18-12-16(25-20(26)13-3-7-22-8-4-13)2-1-15(18)11-14-5-9-23-19-17(14)6-10-24-19/h1-2,5-6,9-10,12-13,22H,3-4,7-8,11H2,(H,23,24)(H,25,26). The van der Waals surface area contributed by atoms with E-state index in [0.717, 1.165) is 42.5 Å². The van der Waals surface area contributed by atoms with E-state index in [4.69, 9.17) is 0 Å². The number of fused-ring (bicyclic) bond motifs is 1. The lowest BCUT2D eigenvalue weighted by Gasteiger charge is -2.21. The van der Waals surface area contributed by atoms with Gasteiger partial charge in [0.1, 0.15) is 11.5 Å². The van der Waals surface area contributed by atoms with Crippen LogP contribution in [0.2, 0.25) is 0 Å². The molecule has 134 valence electrons. The van der Waals surface area contributed by atoms with Crippen molar-refractivity contribution in [3.63, 3.8) is 0 Å². The molecule has 0 spiro atoms. The average molecular weight is 352 g/mol. The molecule has 1 aromatic carbocycles. The number of carbonyl (C=O) groups excluding carboxylic acids is 1. The lowest BCUT2D eigenvalue weighted by Crippen LogP contribution is -2.34. The van der Waals surface area contributed by atoms with E-state index in [2.05, 4.69) is 20.6 Å². The lowest BCUT2D eigenvalue weighted by atomic mass is 9.97. The summed E-state index contributed by atoms with van der Waals surface area (Å²) in [5.74, 6) is -0.340. The Kier molecular flexibility index (Phi) is 4.67. The van der Waals surface area contributed by atoms with Crippen molar-refractivity contribution in [3.8, 4) is 0 Å². The van der Waals surface area contributed by atoms with Gasteiger partial charge in [-0.15, -0.1) is 0 Å². The molecule has 0 radical (unpaired) electrons. The first-order valence-corrected chi connectivity index (χ1v) is 8.92. The Bertz CT molecular complexity index is 930. The summed E-state index contributed by atoms with van der Waals surface area (Å²) in [5.41, 5.74) is 2.92. The van der Waals surface area contributed by atoms with Crippen LogP contribution in [0.15, 0.2) is 42.7 Å². The van der Waals surface area contributed by atoms with Gasteiger partial charge in [0.05, 0.1) is 0 Å². The number of carbonyl (C=O) groups is 1. The number of halogens is 1. The predicted molar refractivity (Wildman–Crippen MR) is 99.5 cm³/mol. The van der Waals surface area contributed by atoms with Gasteiger partial charge in [0.15, 0.2) is 0 Å². The van der Waals surface area contributed by atoms with Crippen molar-refractivity contribution in [1.82, 2.24) is 15.3 Å². The van der Waals surface area contributed by atoms with E-state index < -0.39 is 0 Å². The van der Waals surface area contributed by atoms with E-state index >= 15 is 0 Å². The Morgan fingerprint density at radius 1 is 1.19 bits per heavy atom. The number of nitrogens with zero attached hydrogens (tertiary/aromatic N) is 1. The van der Waals surface area contributed by atoms with Crippen LogP contribution in [0.4, 0.5) is 10.1 Å². The number of rotatable bonds is 4. The van der Waals surface area contributed by atoms with E-state index in [-0.39, 0.29) is 17.6 Å². The predicted octanol–water partition coefficient (Wildman–Crippen LogP) is 3.23. The smallest absolute Gasteiger partial charge is 0.227 e. The van der Waals surface area contributed by atoms with Crippen LogP contribution in [-0.2, 0) is 11.2 Å². The van der Waals surface area contributed by atoms with E-state index in [1.54, 1.807) is 18.3 Å². The Morgan fingerprint density at radius 2 is 2.04 bits per heavy atom. The molecule has 0 saturated carbocycles. The van der Waals surface area contributed by atoms with Gasteiger partial charge in [0.2, 0.25) is 5.91 Å². The molecule has 1 saturated heterocycles. The quantitative estimate of drug-likeness (QED) is 0.675. The number of hydrogen-bond donors (Lipinski definition) is 3. The Labute approximate surface area is 151 Å². The first-order valence-electron chi connectivity index (χ1n) is 8.92. The molecule has 26 heavy (non-hydrogen) atoms. The summed E-state index contributed by atoms with van der Waals surface area (Å²) < 4.78 is 14.6. The monoisotopic (exact) mass is 352 g/mol. The molecular weight excluding hydrogens is 331 g/mol. The van der Waals surface area contributed by atoms with Crippen molar-refractivity contribution >= 4 is 22.6 Å². The summed E-state index contributed by atoms with van der Waals surface area (Å²) in [6.07, 6.45) is 5.67. The Balaban J connectivity index is 1.49. The van der Waals surface area contributed by atoms with Gasteiger partial charge in [0, 0.05) is 35.8 Å². The number of aromatic nitrogens is 2. The fourth-order valence-electron chi connectivity index (χ4n) is 3.47. The number of H-pyrrole nitrogens is 1. The summed E-state index contributed by atoms with van der Waals surface area (Å²) in [4.78, 5) is 19.6. The molecule has 6 heteroatoms. The number of aromatic amines is 1. The SMILES string of the molecule is O=C(Nc1ccc(Cc2ccnc3[nH]ccc23)c(F)c1)C1CCNCC1. The minimum atomic E-state index is -0.311. The van der Waals surface area contributed by atoms with E-state index in [1.165, 1.54) is 6.07 Å². The number of pyridine rings is 1. The zero-order valence-electron chi connectivity index (χ0n) is 14.4. The normalized spacial score (nSPS) is 15.3. The fourth-order valence-corrected chi connectivity index (χ4v) is 3.47. The van der Waals surface area contributed by atoms with Crippen LogP contribution < -0.4 is 10.6 Å². The van der Waals surface area contributed by atoms with Crippen molar-refractivity contribution in [3.05, 3.63) is 59.7 Å². The second-order valence-electron chi connectivity index (χ2n) is 6.71. The molecule has 0 atom stereocenters. The van der Waals surface area contributed by atoms with Crippen LogP contribution >= 0.6 is 0 Å². The zero-order valence-corrected chi connectivity index (χ0v) is 14.4. The maximum absolute atomic E-state index is 14.6. The summed E-state index contributed by atoms with van der Waals surface area (Å²) in [6, 6.07) is 8.77. The molecule has 3 aromatic rings. The van der Waals surface area contributed by atoms with E-state index in [9.17, 15) is 9.18 Å². The van der Waals surface area contributed by atoms with Crippen LogP contribution in [0, 0.1) is 11.7 Å². The Hall–Kier alpha value is -2.73. The maximum atomic E-state index is 14.6. The van der Waals surface area contributed by atoms with Crippen molar-refractivity contribution < 1.29 is 9.18 Å². The van der Waals surface area contributed by atoms with Gasteiger partial charge in [-0.1, -0.05) is 6.07 Å². The van der Waals surface area contributed by atoms with Gasteiger partial charge in [0.25, 0.3) is 0 Å². The van der Waals surface area contributed by atoms with Crippen molar-refractivity contribution in [2.75, 3.05) is 18.4 Å². The average Bonchev–Trinajstić information content (AvgIpc) is 3.14. The molecule has 3 heterocycles. The minimum Gasteiger partial charge on any atom is -0.346 e. The van der Waals surface area contributed by atoms with E-state index in [0.29, 0.717) is 17.7 Å². The lowest BCUT2D eigenvalue weighted by molar-refractivity contribution is -0.120. The topological polar surface area (TPSA) is 69.8 Å². The van der Waals surface area contributed by atoms with Crippen LogP contribution in [0.1, 0.15) is 24.0 Å². The van der Waals surface area contributed by atoms with Crippen LogP contribution in [0.5, 0.6) is 0 Å². The second-order valence-corrected chi connectivity index (χ2v) is 6.71. The zero-order chi connectivity index (χ0) is 17.9. The van der Waals surface area contributed by atoms with Crippen molar-refractivity contribution in [2.24, 2.45) is 5.92 Å². The summed E-state index contributed by atoms with van der Waals surface area (Å²) in [7, 11) is 0. The number of piperidine rings is 1. The number of hydrogen-bond acceptors (Lipinski definition) is 3. The second kappa shape index (κ2) is 7.25. The third-order valence-corrected chi connectivity index (χ3v) is 4.96. The fraction of sp³-hybridized carbons (Fsp3) is 0.300. The highest BCUT2D eigenvalue weighted by Crippen LogP contribution is 2.23. The third kappa shape index (κ3) is 3.46. The van der Waals surface area contributed by atoms with Crippen LogP contribution in [0.25, 0.3) is 11.0 Å².